The van der Waals surface area contributed by atoms with Gasteiger partial charge in [-0.3, -0.25) is 0 Å². The highest BCUT2D eigenvalue weighted by Gasteiger charge is 2.20. The maximum absolute atomic E-state index is 11.6. The molecule has 0 unspecified atom stereocenters. The molecular formula is C12H14O5. The Bertz CT molecular complexity index is 448. The molecule has 1 aromatic rings. The third-order valence-corrected chi connectivity index (χ3v) is 1.62. The first-order chi connectivity index (χ1) is 7.78. The van der Waals surface area contributed by atoms with Crippen LogP contribution < -0.4 is 0 Å². The number of carbonyl (C=O) groups excluding carboxylic acids is 1. The van der Waals surface area contributed by atoms with Gasteiger partial charge in [0.15, 0.2) is 0 Å². The Morgan fingerprint density at radius 3 is 2.53 bits per heavy atom. The monoisotopic (exact) mass is 238 g/mol. The molecule has 0 aromatic carbocycles. The van der Waals surface area contributed by atoms with E-state index in [1.165, 1.54) is 18.2 Å². The number of ether oxygens (including phenoxy) is 1. The minimum atomic E-state index is -1.08. The van der Waals surface area contributed by atoms with Crippen molar-refractivity contribution in [2.75, 3.05) is 0 Å². The average Bonchev–Trinajstić information content (AvgIpc) is 2.60. The number of furan rings is 1. The van der Waals surface area contributed by atoms with E-state index in [0.717, 1.165) is 6.08 Å². The van der Waals surface area contributed by atoms with Gasteiger partial charge in [0.25, 0.3) is 0 Å². The van der Waals surface area contributed by atoms with E-state index in [0.29, 0.717) is 0 Å². The Hall–Kier alpha value is -2.04. The van der Waals surface area contributed by atoms with Gasteiger partial charge < -0.3 is 14.3 Å². The van der Waals surface area contributed by atoms with Crippen LogP contribution in [0.1, 0.15) is 37.1 Å². The molecule has 0 fully saturated rings. The van der Waals surface area contributed by atoms with Crippen LogP contribution in [0.15, 0.2) is 22.6 Å². The lowest BCUT2D eigenvalue weighted by Gasteiger charge is -2.18. The van der Waals surface area contributed by atoms with Gasteiger partial charge in [-0.15, -0.1) is 0 Å². The van der Waals surface area contributed by atoms with Crippen LogP contribution in [0.2, 0.25) is 0 Å². The summed E-state index contributed by atoms with van der Waals surface area (Å²) in [5, 5.41) is 8.42. The van der Waals surface area contributed by atoms with Gasteiger partial charge in [-0.1, -0.05) is 0 Å². The zero-order valence-corrected chi connectivity index (χ0v) is 9.89. The second kappa shape index (κ2) is 4.86. The van der Waals surface area contributed by atoms with Crippen molar-refractivity contribution in [3.05, 3.63) is 29.7 Å². The number of esters is 1. The van der Waals surface area contributed by atoms with Crippen LogP contribution in [-0.4, -0.2) is 22.6 Å². The van der Waals surface area contributed by atoms with E-state index in [4.69, 9.17) is 14.3 Å². The molecule has 1 heterocycles. The Kier molecular flexibility index (Phi) is 3.73. The lowest BCUT2D eigenvalue weighted by Crippen LogP contribution is -2.23. The molecule has 17 heavy (non-hydrogen) atoms. The Morgan fingerprint density at radius 1 is 1.35 bits per heavy atom. The largest absolute Gasteiger partial charge is 0.478 e. The smallest absolute Gasteiger partial charge is 0.374 e. The Morgan fingerprint density at radius 2 is 2.00 bits per heavy atom. The van der Waals surface area contributed by atoms with Crippen molar-refractivity contribution in [2.45, 2.75) is 26.4 Å². The first-order valence-corrected chi connectivity index (χ1v) is 5.02. The van der Waals surface area contributed by atoms with Crippen molar-refractivity contribution in [3.8, 4) is 0 Å². The second-order valence-electron chi connectivity index (χ2n) is 4.38. The van der Waals surface area contributed by atoms with E-state index >= 15 is 0 Å². The van der Waals surface area contributed by atoms with E-state index in [9.17, 15) is 9.59 Å². The third kappa shape index (κ3) is 4.55. The second-order valence-corrected chi connectivity index (χ2v) is 4.38. The predicted octanol–water partition coefficient (Wildman–Crippen LogP) is 2.33. The summed E-state index contributed by atoms with van der Waals surface area (Å²) in [6, 6.07) is 2.94. The number of carbonyl (C=O) groups is 2. The normalized spacial score (nSPS) is 11.7. The highest BCUT2D eigenvalue weighted by molar-refractivity contribution is 5.88. The van der Waals surface area contributed by atoms with Gasteiger partial charge in [0.05, 0.1) is 0 Å². The number of hydrogen-bond acceptors (Lipinski definition) is 4. The minimum Gasteiger partial charge on any atom is -0.478 e. The predicted molar refractivity (Wildman–Crippen MR) is 60.5 cm³/mol. The van der Waals surface area contributed by atoms with Gasteiger partial charge in [0.2, 0.25) is 5.76 Å². The molecule has 0 atom stereocenters. The molecule has 92 valence electrons. The molecule has 0 saturated heterocycles. The fraction of sp³-hybridized carbons (Fsp3) is 0.333. The molecule has 0 aliphatic carbocycles. The summed E-state index contributed by atoms with van der Waals surface area (Å²) in [5.41, 5.74) is -0.596. The van der Waals surface area contributed by atoms with E-state index in [2.05, 4.69) is 0 Å². The fourth-order valence-corrected chi connectivity index (χ4v) is 1.03. The topological polar surface area (TPSA) is 76.7 Å². The van der Waals surface area contributed by atoms with Gasteiger partial charge >= 0.3 is 11.9 Å². The summed E-state index contributed by atoms with van der Waals surface area (Å²) in [4.78, 5) is 21.8. The molecule has 1 aromatic heterocycles. The molecule has 0 spiro atoms. The molecule has 0 saturated carbocycles. The highest BCUT2D eigenvalue weighted by Crippen LogP contribution is 2.15. The van der Waals surface area contributed by atoms with Gasteiger partial charge in [0.1, 0.15) is 11.4 Å². The molecule has 1 rings (SSSR count). The number of carboxylic acid groups (broad SMARTS) is 1. The van der Waals surface area contributed by atoms with Gasteiger partial charge in [-0.05, 0) is 39.0 Å². The van der Waals surface area contributed by atoms with Crippen LogP contribution in [0.25, 0.3) is 6.08 Å². The van der Waals surface area contributed by atoms with Crippen LogP contribution in [0.3, 0.4) is 0 Å². The van der Waals surface area contributed by atoms with Crippen molar-refractivity contribution < 1.29 is 23.8 Å². The number of carboxylic acids is 1. The van der Waals surface area contributed by atoms with Crippen LogP contribution in [0.4, 0.5) is 0 Å². The van der Waals surface area contributed by atoms with E-state index in [1.807, 2.05) is 0 Å². The SMILES string of the molecule is CC(C)(C)OC(=O)c1ccc(C=CC(=O)O)o1. The minimum absolute atomic E-state index is 0.0463. The summed E-state index contributed by atoms with van der Waals surface area (Å²) in [7, 11) is 0. The summed E-state index contributed by atoms with van der Waals surface area (Å²) in [5.74, 6) is -1.33. The molecular weight excluding hydrogens is 224 g/mol. The molecule has 0 aliphatic rings. The van der Waals surface area contributed by atoms with Crippen LogP contribution in [-0.2, 0) is 9.53 Å². The lowest BCUT2D eigenvalue weighted by atomic mass is 10.2. The van der Waals surface area contributed by atoms with Crippen molar-refractivity contribution in [2.24, 2.45) is 0 Å². The van der Waals surface area contributed by atoms with Gasteiger partial charge in [0, 0.05) is 6.08 Å². The van der Waals surface area contributed by atoms with Crippen LogP contribution in [0, 0.1) is 0 Å². The molecule has 0 amide bonds. The maximum Gasteiger partial charge on any atom is 0.374 e. The zero-order valence-electron chi connectivity index (χ0n) is 9.89. The molecule has 5 heteroatoms. The maximum atomic E-state index is 11.6. The lowest BCUT2D eigenvalue weighted by molar-refractivity contribution is -0.131. The van der Waals surface area contributed by atoms with Crippen molar-refractivity contribution in [3.63, 3.8) is 0 Å². The Labute approximate surface area is 98.7 Å². The summed E-state index contributed by atoms with van der Waals surface area (Å²) in [6.45, 7) is 5.25. The van der Waals surface area contributed by atoms with Crippen molar-refractivity contribution >= 4 is 18.0 Å². The molecule has 1 N–H and O–H groups in total. The van der Waals surface area contributed by atoms with Crippen LogP contribution >= 0.6 is 0 Å². The fourth-order valence-electron chi connectivity index (χ4n) is 1.03. The molecule has 5 nitrogen and oxygen atoms in total. The first kappa shape index (κ1) is 13.0. The van der Waals surface area contributed by atoms with Crippen molar-refractivity contribution in [1.82, 2.24) is 0 Å². The van der Waals surface area contributed by atoms with Gasteiger partial charge in [-0.2, -0.15) is 0 Å². The average molecular weight is 238 g/mol. The first-order valence-electron chi connectivity index (χ1n) is 5.02. The van der Waals surface area contributed by atoms with E-state index in [1.54, 1.807) is 20.8 Å². The molecule has 0 radical (unpaired) electrons. The summed E-state index contributed by atoms with van der Waals surface area (Å²) in [6.07, 6.45) is 2.19. The zero-order chi connectivity index (χ0) is 13.1. The summed E-state index contributed by atoms with van der Waals surface area (Å²) < 4.78 is 10.2. The molecule has 0 bridgehead atoms. The standard InChI is InChI=1S/C12H14O5/c1-12(2,3)17-11(15)9-6-4-8(16-9)5-7-10(13)14/h4-7H,1-3H3,(H,13,14). The van der Waals surface area contributed by atoms with Crippen LogP contribution in [0.5, 0.6) is 0 Å². The number of hydrogen-bond donors (Lipinski definition) is 1. The van der Waals surface area contributed by atoms with E-state index in [-0.39, 0.29) is 11.5 Å². The quantitative estimate of drug-likeness (QED) is 0.646. The van der Waals surface area contributed by atoms with Gasteiger partial charge in [-0.25, -0.2) is 9.59 Å². The number of rotatable bonds is 3. The molecule has 0 aliphatic heterocycles. The highest BCUT2D eigenvalue weighted by atomic mass is 16.6. The Balaban J connectivity index is 2.74. The summed E-state index contributed by atoms with van der Waals surface area (Å²) >= 11 is 0. The van der Waals surface area contributed by atoms with Crippen molar-refractivity contribution in [1.29, 1.82) is 0 Å². The third-order valence-electron chi connectivity index (χ3n) is 1.62. The van der Waals surface area contributed by atoms with E-state index < -0.39 is 17.5 Å². The number of aliphatic carboxylic acids is 1.